The van der Waals surface area contributed by atoms with E-state index < -0.39 is 0 Å². The fraction of sp³-hybridized carbons (Fsp3) is 0.917. The molecule has 0 aromatic carbocycles. The van der Waals surface area contributed by atoms with Gasteiger partial charge in [-0.3, -0.25) is 4.79 Å². The summed E-state index contributed by atoms with van der Waals surface area (Å²) >= 11 is 1.84. The Labute approximate surface area is 103 Å². The van der Waals surface area contributed by atoms with Crippen molar-refractivity contribution in [1.29, 1.82) is 0 Å². The number of thioether (sulfide) groups is 1. The Balaban J connectivity index is 2.52. The maximum atomic E-state index is 12.3. The zero-order valence-electron chi connectivity index (χ0n) is 10.9. The lowest BCUT2D eigenvalue weighted by Gasteiger charge is -2.33. The lowest BCUT2D eigenvalue weighted by atomic mass is 9.97. The average Bonchev–Trinajstić information content (AvgIpc) is 2.72. The minimum absolute atomic E-state index is 0.249. The summed E-state index contributed by atoms with van der Waals surface area (Å²) in [7, 11) is 1.93. The molecule has 1 aliphatic heterocycles. The van der Waals surface area contributed by atoms with Crippen molar-refractivity contribution in [3.8, 4) is 0 Å². The van der Waals surface area contributed by atoms with Crippen molar-refractivity contribution in [1.82, 2.24) is 10.2 Å². The van der Waals surface area contributed by atoms with Crippen LogP contribution in [0.3, 0.4) is 0 Å². The molecule has 0 aliphatic carbocycles. The molecule has 1 aliphatic rings. The van der Waals surface area contributed by atoms with Gasteiger partial charge in [0.25, 0.3) is 0 Å². The number of hydrogen-bond donors (Lipinski definition) is 1. The van der Waals surface area contributed by atoms with E-state index in [0.29, 0.717) is 6.04 Å². The minimum Gasteiger partial charge on any atom is -0.341 e. The summed E-state index contributed by atoms with van der Waals surface area (Å²) in [5.74, 6) is 1.36. The van der Waals surface area contributed by atoms with Gasteiger partial charge >= 0.3 is 0 Å². The van der Waals surface area contributed by atoms with Crippen LogP contribution < -0.4 is 5.32 Å². The molecule has 3 nitrogen and oxygen atoms in total. The quantitative estimate of drug-likeness (QED) is 0.799. The molecule has 1 rings (SSSR count). The third kappa shape index (κ3) is 3.14. The predicted octanol–water partition coefficient (Wildman–Crippen LogP) is 1.73. The van der Waals surface area contributed by atoms with Crippen LogP contribution in [0.2, 0.25) is 0 Å². The molecule has 0 saturated carbocycles. The topological polar surface area (TPSA) is 32.3 Å². The zero-order chi connectivity index (χ0) is 12.2. The van der Waals surface area contributed by atoms with Gasteiger partial charge in [-0.25, -0.2) is 0 Å². The number of rotatable bonds is 5. The van der Waals surface area contributed by atoms with Gasteiger partial charge in [-0.15, -0.1) is 0 Å². The van der Waals surface area contributed by atoms with E-state index in [1.54, 1.807) is 0 Å². The lowest BCUT2D eigenvalue weighted by molar-refractivity contribution is -0.137. The van der Waals surface area contributed by atoms with Gasteiger partial charge in [0.15, 0.2) is 0 Å². The van der Waals surface area contributed by atoms with Crippen LogP contribution in [-0.4, -0.2) is 48.0 Å². The van der Waals surface area contributed by atoms with Crippen molar-refractivity contribution >= 4 is 17.7 Å². The monoisotopic (exact) mass is 244 g/mol. The van der Waals surface area contributed by atoms with Gasteiger partial charge in [0.2, 0.25) is 5.91 Å². The van der Waals surface area contributed by atoms with Gasteiger partial charge in [-0.05, 0) is 51.7 Å². The van der Waals surface area contributed by atoms with E-state index in [4.69, 9.17) is 0 Å². The van der Waals surface area contributed by atoms with Crippen LogP contribution in [0, 0.1) is 0 Å². The van der Waals surface area contributed by atoms with Crippen LogP contribution in [0.25, 0.3) is 0 Å². The maximum absolute atomic E-state index is 12.3. The van der Waals surface area contributed by atoms with Gasteiger partial charge in [-0.1, -0.05) is 0 Å². The summed E-state index contributed by atoms with van der Waals surface area (Å²) in [4.78, 5) is 14.2. The molecule has 1 fully saturated rings. The molecule has 4 heteroatoms. The van der Waals surface area contributed by atoms with Crippen molar-refractivity contribution in [3.05, 3.63) is 0 Å². The van der Waals surface area contributed by atoms with E-state index in [-0.39, 0.29) is 11.4 Å². The molecule has 1 N–H and O–H groups in total. The van der Waals surface area contributed by atoms with E-state index in [9.17, 15) is 4.79 Å². The number of hydrogen-bond acceptors (Lipinski definition) is 3. The molecular formula is C12H24N2OS. The average molecular weight is 244 g/mol. The highest BCUT2D eigenvalue weighted by Gasteiger charge is 2.38. The number of likely N-dealkylation sites (N-methyl/N-ethyl adjacent to an activating group) is 1. The zero-order valence-corrected chi connectivity index (χ0v) is 11.7. The van der Waals surface area contributed by atoms with E-state index in [0.717, 1.165) is 31.6 Å². The molecule has 1 saturated heterocycles. The molecular weight excluding hydrogens is 220 g/mol. The first-order valence-electron chi connectivity index (χ1n) is 6.02. The van der Waals surface area contributed by atoms with Crippen LogP contribution >= 0.6 is 11.8 Å². The number of nitrogens with one attached hydrogen (secondary N) is 1. The molecule has 16 heavy (non-hydrogen) atoms. The number of carbonyl (C=O) groups is 1. The standard InChI is InChI=1S/C12H24N2OS/c1-10(6-9-16-4)14(3)11(15)12(2)7-5-8-13-12/h10,13H,5-9H2,1-4H3. The highest BCUT2D eigenvalue weighted by atomic mass is 32.2. The van der Waals surface area contributed by atoms with E-state index in [2.05, 4.69) is 18.5 Å². The number of amides is 1. The Morgan fingerprint density at radius 1 is 1.62 bits per heavy atom. The first kappa shape index (κ1) is 13.8. The molecule has 1 heterocycles. The Bertz CT molecular complexity index is 239. The summed E-state index contributed by atoms with van der Waals surface area (Å²) in [6.07, 6.45) is 5.24. The Kier molecular flexibility index (Phi) is 5.12. The third-order valence-electron chi connectivity index (χ3n) is 3.56. The van der Waals surface area contributed by atoms with E-state index >= 15 is 0 Å². The Morgan fingerprint density at radius 2 is 2.31 bits per heavy atom. The Hall–Kier alpha value is -0.220. The van der Waals surface area contributed by atoms with Crippen LogP contribution in [0.1, 0.15) is 33.1 Å². The van der Waals surface area contributed by atoms with Gasteiger partial charge in [-0.2, -0.15) is 11.8 Å². The van der Waals surface area contributed by atoms with Gasteiger partial charge in [0.05, 0.1) is 5.54 Å². The molecule has 0 aromatic rings. The number of carbonyl (C=O) groups excluding carboxylic acids is 1. The van der Waals surface area contributed by atoms with Gasteiger partial charge in [0.1, 0.15) is 0 Å². The fourth-order valence-electron chi connectivity index (χ4n) is 2.15. The van der Waals surface area contributed by atoms with E-state index in [1.807, 2.05) is 30.6 Å². The molecule has 0 spiro atoms. The predicted molar refractivity (Wildman–Crippen MR) is 70.9 cm³/mol. The maximum Gasteiger partial charge on any atom is 0.242 e. The normalized spacial score (nSPS) is 26.8. The minimum atomic E-state index is -0.317. The van der Waals surface area contributed by atoms with Crippen molar-refractivity contribution < 1.29 is 4.79 Å². The molecule has 2 unspecified atom stereocenters. The highest BCUT2D eigenvalue weighted by molar-refractivity contribution is 7.98. The third-order valence-corrected chi connectivity index (χ3v) is 4.21. The van der Waals surface area contributed by atoms with Crippen LogP contribution in [0.5, 0.6) is 0 Å². The fourth-order valence-corrected chi connectivity index (χ4v) is 2.73. The molecule has 94 valence electrons. The summed E-state index contributed by atoms with van der Waals surface area (Å²) < 4.78 is 0. The van der Waals surface area contributed by atoms with Crippen molar-refractivity contribution in [2.24, 2.45) is 0 Å². The van der Waals surface area contributed by atoms with Crippen LogP contribution in [0.15, 0.2) is 0 Å². The lowest BCUT2D eigenvalue weighted by Crippen LogP contribution is -2.53. The molecule has 1 amide bonds. The van der Waals surface area contributed by atoms with Crippen molar-refractivity contribution in [2.45, 2.75) is 44.7 Å². The molecule has 0 bridgehead atoms. The van der Waals surface area contributed by atoms with Crippen molar-refractivity contribution in [3.63, 3.8) is 0 Å². The number of nitrogens with zero attached hydrogens (tertiary/aromatic N) is 1. The SMILES string of the molecule is CSCCC(C)N(C)C(=O)C1(C)CCCN1. The summed E-state index contributed by atoms with van der Waals surface area (Å²) in [6, 6.07) is 0.333. The smallest absolute Gasteiger partial charge is 0.242 e. The second-order valence-electron chi connectivity index (χ2n) is 4.91. The second kappa shape index (κ2) is 5.92. The molecule has 0 aromatic heterocycles. The first-order chi connectivity index (χ1) is 7.51. The Morgan fingerprint density at radius 3 is 2.81 bits per heavy atom. The highest BCUT2D eigenvalue weighted by Crippen LogP contribution is 2.22. The second-order valence-corrected chi connectivity index (χ2v) is 5.89. The molecule has 2 atom stereocenters. The first-order valence-corrected chi connectivity index (χ1v) is 7.42. The summed E-state index contributed by atoms with van der Waals surface area (Å²) in [5, 5.41) is 3.33. The summed E-state index contributed by atoms with van der Waals surface area (Å²) in [6.45, 7) is 5.13. The van der Waals surface area contributed by atoms with Gasteiger partial charge in [0, 0.05) is 13.1 Å². The molecule has 0 radical (unpaired) electrons. The van der Waals surface area contributed by atoms with Crippen LogP contribution in [0.4, 0.5) is 0 Å². The van der Waals surface area contributed by atoms with Gasteiger partial charge < -0.3 is 10.2 Å². The van der Waals surface area contributed by atoms with E-state index in [1.165, 1.54) is 0 Å². The van der Waals surface area contributed by atoms with Crippen LogP contribution in [-0.2, 0) is 4.79 Å². The summed E-state index contributed by atoms with van der Waals surface area (Å²) in [5.41, 5.74) is -0.317. The van der Waals surface area contributed by atoms with Crippen molar-refractivity contribution in [2.75, 3.05) is 25.6 Å². The largest absolute Gasteiger partial charge is 0.341 e.